The Hall–Kier alpha value is -2.83. The molecule has 1 heterocycles. The van der Waals surface area contributed by atoms with Gasteiger partial charge < -0.3 is 15.4 Å². The molecule has 0 fully saturated rings. The maximum atomic E-state index is 12.4. The molecule has 26 heavy (non-hydrogen) atoms. The third-order valence-corrected chi connectivity index (χ3v) is 3.97. The van der Waals surface area contributed by atoms with Gasteiger partial charge in [-0.05, 0) is 30.3 Å². The van der Waals surface area contributed by atoms with Crippen LogP contribution in [0.2, 0.25) is 10.0 Å². The van der Waals surface area contributed by atoms with Gasteiger partial charge in [0.05, 0.1) is 17.8 Å². The van der Waals surface area contributed by atoms with E-state index in [1.807, 2.05) is 24.3 Å². The van der Waals surface area contributed by atoms with Crippen LogP contribution in [0.5, 0.6) is 5.75 Å². The van der Waals surface area contributed by atoms with E-state index >= 15 is 0 Å². The van der Waals surface area contributed by atoms with Crippen LogP contribution in [0.3, 0.4) is 0 Å². The van der Waals surface area contributed by atoms with E-state index in [1.165, 1.54) is 6.33 Å². The van der Waals surface area contributed by atoms with Crippen molar-refractivity contribution in [2.75, 3.05) is 17.7 Å². The second kappa shape index (κ2) is 8.03. The fourth-order valence-electron chi connectivity index (χ4n) is 2.18. The molecule has 0 saturated heterocycles. The molecule has 0 bridgehead atoms. The number of aromatic nitrogens is 2. The minimum Gasteiger partial charge on any atom is -0.497 e. The van der Waals surface area contributed by atoms with Gasteiger partial charge in [-0.1, -0.05) is 29.3 Å². The summed E-state index contributed by atoms with van der Waals surface area (Å²) in [5, 5.41) is 6.63. The first-order chi connectivity index (χ1) is 12.5. The van der Waals surface area contributed by atoms with Gasteiger partial charge in [0, 0.05) is 22.8 Å². The van der Waals surface area contributed by atoms with E-state index in [0.29, 0.717) is 27.3 Å². The Morgan fingerprint density at radius 2 is 1.92 bits per heavy atom. The number of hydrogen-bond donors (Lipinski definition) is 2. The molecule has 0 unspecified atom stereocenters. The number of amides is 1. The van der Waals surface area contributed by atoms with Crippen LogP contribution in [-0.2, 0) is 0 Å². The summed E-state index contributed by atoms with van der Waals surface area (Å²) >= 11 is 11.9. The Labute approximate surface area is 160 Å². The highest BCUT2D eigenvalue weighted by atomic mass is 35.5. The first-order valence-corrected chi connectivity index (χ1v) is 8.30. The molecule has 3 aromatic rings. The van der Waals surface area contributed by atoms with Crippen LogP contribution in [-0.4, -0.2) is 23.0 Å². The lowest BCUT2D eigenvalue weighted by Crippen LogP contribution is -2.14. The van der Waals surface area contributed by atoms with Crippen LogP contribution in [0.15, 0.2) is 54.9 Å². The molecule has 0 aliphatic rings. The number of carbonyl (C=O) groups is 1. The number of carbonyl (C=O) groups excluding carboxylic acids is 1. The van der Waals surface area contributed by atoms with E-state index in [4.69, 9.17) is 27.9 Å². The van der Waals surface area contributed by atoms with Crippen molar-refractivity contribution in [1.29, 1.82) is 0 Å². The highest BCUT2D eigenvalue weighted by Gasteiger charge is 2.11. The molecule has 2 aromatic carbocycles. The van der Waals surface area contributed by atoms with E-state index in [0.717, 1.165) is 5.69 Å². The van der Waals surface area contributed by atoms with Gasteiger partial charge in [0.2, 0.25) is 0 Å². The normalized spacial score (nSPS) is 10.3. The van der Waals surface area contributed by atoms with Gasteiger partial charge in [-0.25, -0.2) is 9.97 Å². The van der Waals surface area contributed by atoms with Gasteiger partial charge >= 0.3 is 0 Å². The van der Waals surface area contributed by atoms with Gasteiger partial charge in [-0.2, -0.15) is 0 Å². The number of methoxy groups -OCH3 is 1. The van der Waals surface area contributed by atoms with E-state index in [9.17, 15) is 4.79 Å². The number of benzene rings is 2. The summed E-state index contributed by atoms with van der Waals surface area (Å²) in [6, 6.07) is 13.7. The summed E-state index contributed by atoms with van der Waals surface area (Å²) in [5.74, 6) is 0.769. The molecular formula is C18H14Cl2N4O2. The van der Waals surface area contributed by atoms with E-state index in [1.54, 1.807) is 31.4 Å². The SMILES string of the molecule is COc1cccc(Nc2cc(C(=O)Nc3ccc(Cl)cc3Cl)ncn2)c1. The Morgan fingerprint density at radius 3 is 2.69 bits per heavy atom. The number of nitrogens with zero attached hydrogens (tertiary/aromatic N) is 2. The molecule has 1 aromatic heterocycles. The van der Waals surface area contributed by atoms with Crippen molar-refractivity contribution in [3.8, 4) is 5.75 Å². The predicted molar refractivity (Wildman–Crippen MR) is 103 cm³/mol. The van der Waals surface area contributed by atoms with Crippen molar-refractivity contribution >= 4 is 46.3 Å². The summed E-state index contributed by atoms with van der Waals surface area (Å²) in [5.41, 5.74) is 1.41. The van der Waals surface area contributed by atoms with Crippen molar-refractivity contribution in [3.05, 3.63) is 70.6 Å². The summed E-state index contributed by atoms with van der Waals surface area (Å²) in [7, 11) is 1.59. The number of nitrogens with one attached hydrogen (secondary N) is 2. The zero-order valence-electron chi connectivity index (χ0n) is 13.7. The molecule has 0 atom stereocenters. The summed E-state index contributed by atoms with van der Waals surface area (Å²) in [6.07, 6.45) is 1.31. The molecule has 0 aliphatic heterocycles. The van der Waals surface area contributed by atoms with E-state index in [-0.39, 0.29) is 5.69 Å². The monoisotopic (exact) mass is 388 g/mol. The summed E-state index contributed by atoms with van der Waals surface area (Å²) in [6.45, 7) is 0. The Bertz CT molecular complexity index is 950. The van der Waals surface area contributed by atoms with Crippen molar-refractivity contribution in [1.82, 2.24) is 9.97 Å². The number of ether oxygens (including phenoxy) is 1. The first-order valence-electron chi connectivity index (χ1n) is 7.54. The third kappa shape index (κ3) is 4.41. The van der Waals surface area contributed by atoms with Crippen LogP contribution < -0.4 is 15.4 Å². The molecule has 132 valence electrons. The average Bonchev–Trinajstić information content (AvgIpc) is 2.64. The molecule has 8 heteroatoms. The van der Waals surface area contributed by atoms with Crippen LogP contribution in [0.25, 0.3) is 0 Å². The Balaban J connectivity index is 1.76. The largest absolute Gasteiger partial charge is 0.497 e. The smallest absolute Gasteiger partial charge is 0.274 e. The second-order valence-corrected chi connectivity index (χ2v) is 6.07. The lowest BCUT2D eigenvalue weighted by atomic mass is 10.3. The van der Waals surface area contributed by atoms with E-state index < -0.39 is 5.91 Å². The minimum atomic E-state index is -0.412. The van der Waals surface area contributed by atoms with Crippen LogP contribution in [0.1, 0.15) is 10.5 Å². The second-order valence-electron chi connectivity index (χ2n) is 5.22. The molecule has 3 rings (SSSR count). The zero-order chi connectivity index (χ0) is 18.5. The lowest BCUT2D eigenvalue weighted by Gasteiger charge is -2.09. The quantitative estimate of drug-likeness (QED) is 0.656. The van der Waals surface area contributed by atoms with Crippen LogP contribution in [0.4, 0.5) is 17.2 Å². The number of rotatable bonds is 5. The number of anilines is 3. The third-order valence-electron chi connectivity index (χ3n) is 3.42. The predicted octanol–water partition coefficient (Wildman–Crippen LogP) is 4.79. The van der Waals surface area contributed by atoms with Gasteiger partial charge in [-0.15, -0.1) is 0 Å². The topological polar surface area (TPSA) is 76.1 Å². The minimum absolute atomic E-state index is 0.191. The number of hydrogen-bond acceptors (Lipinski definition) is 5. The fourth-order valence-corrected chi connectivity index (χ4v) is 2.63. The lowest BCUT2D eigenvalue weighted by molar-refractivity contribution is 0.102. The maximum absolute atomic E-state index is 12.4. The van der Waals surface area contributed by atoms with Crippen molar-refractivity contribution in [2.24, 2.45) is 0 Å². The molecule has 0 aliphatic carbocycles. The van der Waals surface area contributed by atoms with E-state index in [2.05, 4.69) is 20.6 Å². The highest BCUT2D eigenvalue weighted by molar-refractivity contribution is 6.36. The van der Waals surface area contributed by atoms with Crippen LogP contribution in [0, 0.1) is 0 Å². The van der Waals surface area contributed by atoms with Crippen LogP contribution >= 0.6 is 23.2 Å². The maximum Gasteiger partial charge on any atom is 0.274 e. The zero-order valence-corrected chi connectivity index (χ0v) is 15.2. The molecule has 0 radical (unpaired) electrons. The Morgan fingerprint density at radius 1 is 1.08 bits per heavy atom. The number of halogens is 2. The Kier molecular flexibility index (Phi) is 5.55. The van der Waals surface area contributed by atoms with Gasteiger partial charge in [0.1, 0.15) is 23.6 Å². The average molecular weight is 389 g/mol. The van der Waals surface area contributed by atoms with Crippen molar-refractivity contribution < 1.29 is 9.53 Å². The summed E-state index contributed by atoms with van der Waals surface area (Å²) < 4.78 is 5.18. The standard InChI is InChI=1S/C18H14Cl2N4O2/c1-26-13-4-2-3-12(8-13)23-17-9-16(21-10-22-17)18(25)24-15-6-5-11(19)7-14(15)20/h2-10H,1H3,(H,24,25)(H,21,22,23). The molecule has 1 amide bonds. The first kappa shape index (κ1) is 18.0. The molecule has 0 spiro atoms. The van der Waals surface area contributed by atoms with Gasteiger partial charge in [-0.3, -0.25) is 4.79 Å². The van der Waals surface area contributed by atoms with Crippen molar-refractivity contribution in [2.45, 2.75) is 0 Å². The molecular weight excluding hydrogens is 375 g/mol. The molecule has 6 nitrogen and oxygen atoms in total. The summed E-state index contributed by atoms with van der Waals surface area (Å²) in [4.78, 5) is 20.5. The molecule has 2 N–H and O–H groups in total. The molecule has 0 saturated carbocycles. The van der Waals surface area contributed by atoms with Gasteiger partial charge in [0.15, 0.2) is 0 Å². The van der Waals surface area contributed by atoms with Crippen molar-refractivity contribution in [3.63, 3.8) is 0 Å². The van der Waals surface area contributed by atoms with Gasteiger partial charge in [0.25, 0.3) is 5.91 Å². The fraction of sp³-hybridized carbons (Fsp3) is 0.0556. The highest BCUT2D eigenvalue weighted by Crippen LogP contribution is 2.26.